The van der Waals surface area contributed by atoms with Crippen LogP contribution in [0.15, 0.2) is 18.2 Å². The maximum Gasteiger partial charge on any atom is 0.251 e. The molecule has 0 saturated heterocycles. The molecule has 4 N–H and O–H groups in total. The molecule has 1 amide bonds. The van der Waals surface area contributed by atoms with Gasteiger partial charge in [-0.1, -0.05) is 18.3 Å². The minimum atomic E-state index is -0.234. The summed E-state index contributed by atoms with van der Waals surface area (Å²) in [5, 5.41) is 12.3. The molecule has 0 spiro atoms. The molecule has 5 heteroatoms. The number of thiocarbonyl (C=S) groups is 1. The molecule has 92 valence electrons. The van der Waals surface area contributed by atoms with Crippen molar-refractivity contribution in [2.75, 3.05) is 0 Å². The fourth-order valence-electron chi connectivity index (χ4n) is 1.52. The summed E-state index contributed by atoms with van der Waals surface area (Å²) in [6.07, 6.45) is 0.457. The van der Waals surface area contributed by atoms with E-state index in [2.05, 4.69) is 5.32 Å². The Kier molecular flexibility index (Phi) is 4.45. The van der Waals surface area contributed by atoms with Crippen LogP contribution in [0.25, 0.3) is 0 Å². The van der Waals surface area contributed by atoms with E-state index in [0.717, 1.165) is 0 Å². The second kappa shape index (κ2) is 5.63. The maximum absolute atomic E-state index is 11.9. The molecule has 1 aromatic rings. The van der Waals surface area contributed by atoms with E-state index in [1.165, 1.54) is 0 Å². The van der Waals surface area contributed by atoms with E-state index in [4.69, 9.17) is 18.0 Å². The number of aromatic hydroxyl groups is 1. The quantitative estimate of drug-likeness (QED) is 0.710. The van der Waals surface area contributed by atoms with Crippen molar-refractivity contribution < 1.29 is 9.90 Å². The third-order valence-corrected chi connectivity index (χ3v) is 2.60. The number of nitrogens with two attached hydrogens (primary N) is 1. The Hall–Kier alpha value is -1.62. The number of benzene rings is 1. The first kappa shape index (κ1) is 13.4. The molecular formula is C12H16N2O2S. The monoisotopic (exact) mass is 252 g/mol. The number of carbonyl (C=O) groups excluding carboxylic acids is 1. The fourth-order valence-corrected chi connectivity index (χ4v) is 1.77. The third-order valence-electron chi connectivity index (χ3n) is 2.43. The Labute approximate surface area is 106 Å². The Morgan fingerprint density at radius 1 is 1.59 bits per heavy atom. The van der Waals surface area contributed by atoms with Crippen LogP contribution < -0.4 is 11.1 Å². The van der Waals surface area contributed by atoms with E-state index in [1.54, 1.807) is 25.1 Å². The largest absolute Gasteiger partial charge is 0.508 e. The van der Waals surface area contributed by atoms with Gasteiger partial charge in [0.25, 0.3) is 5.91 Å². The topological polar surface area (TPSA) is 75.3 Å². The van der Waals surface area contributed by atoms with Gasteiger partial charge in [0.2, 0.25) is 0 Å². The summed E-state index contributed by atoms with van der Waals surface area (Å²) in [5.41, 5.74) is 6.42. The zero-order valence-corrected chi connectivity index (χ0v) is 10.7. The van der Waals surface area contributed by atoms with Crippen molar-refractivity contribution in [1.82, 2.24) is 5.32 Å². The molecule has 0 aliphatic carbocycles. The van der Waals surface area contributed by atoms with Gasteiger partial charge in [-0.3, -0.25) is 4.79 Å². The molecule has 17 heavy (non-hydrogen) atoms. The molecule has 0 saturated carbocycles. The van der Waals surface area contributed by atoms with E-state index in [0.29, 0.717) is 22.5 Å². The van der Waals surface area contributed by atoms with Crippen molar-refractivity contribution in [2.45, 2.75) is 26.3 Å². The highest BCUT2D eigenvalue weighted by atomic mass is 32.1. The molecule has 1 atom stereocenters. The van der Waals surface area contributed by atoms with Crippen LogP contribution in [0, 0.1) is 6.92 Å². The van der Waals surface area contributed by atoms with Crippen LogP contribution >= 0.6 is 12.2 Å². The number of phenols is 1. The summed E-state index contributed by atoms with van der Waals surface area (Å²) in [7, 11) is 0. The van der Waals surface area contributed by atoms with Gasteiger partial charge in [0.05, 0.1) is 4.99 Å². The number of hydrogen-bond donors (Lipinski definition) is 3. The summed E-state index contributed by atoms with van der Waals surface area (Å²) in [5.74, 6) is -0.123. The first-order valence-electron chi connectivity index (χ1n) is 5.29. The van der Waals surface area contributed by atoms with Crippen molar-refractivity contribution in [3.63, 3.8) is 0 Å². The number of nitrogens with one attached hydrogen (secondary N) is 1. The molecule has 0 bridgehead atoms. The molecule has 0 heterocycles. The average molecular weight is 252 g/mol. The van der Waals surface area contributed by atoms with Crippen molar-refractivity contribution in [1.29, 1.82) is 0 Å². The van der Waals surface area contributed by atoms with Crippen LogP contribution in [-0.2, 0) is 0 Å². The summed E-state index contributed by atoms with van der Waals surface area (Å²) in [4.78, 5) is 12.3. The second-order valence-electron chi connectivity index (χ2n) is 3.99. The summed E-state index contributed by atoms with van der Waals surface area (Å²) >= 11 is 4.77. The zero-order valence-electron chi connectivity index (χ0n) is 9.86. The van der Waals surface area contributed by atoms with E-state index < -0.39 is 0 Å². The van der Waals surface area contributed by atoms with Gasteiger partial charge in [-0.15, -0.1) is 0 Å². The Bertz CT molecular complexity index is 446. The van der Waals surface area contributed by atoms with Gasteiger partial charge < -0.3 is 16.2 Å². The standard InChI is InChI=1S/C12H16N2O2S/c1-7(6-11(13)17)14-12(16)9-4-3-5-10(15)8(9)2/h3-5,7,15H,6H2,1-2H3,(H2,13,17)(H,14,16). The Morgan fingerprint density at radius 3 is 2.82 bits per heavy atom. The number of hydrogen-bond acceptors (Lipinski definition) is 3. The minimum absolute atomic E-state index is 0.111. The summed E-state index contributed by atoms with van der Waals surface area (Å²) in [6.45, 7) is 3.53. The molecule has 0 radical (unpaired) electrons. The average Bonchev–Trinajstić information content (AvgIpc) is 2.20. The van der Waals surface area contributed by atoms with E-state index in [1.807, 2.05) is 6.92 Å². The summed E-state index contributed by atoms with van der Waals surface area (Å²) in [6, 6.07) is 4.72. The molecule has 1 rings (SSSR count). The van der Waals surface area contributed by atoms with Crippen LogP contribution in [0.2, 0.25) is 0 Å². The van der Waals surface area contributed by atoms with Crippen LogP contribution in [0.3, 0.4) is 0 Å². The van der Waals surface area contributed by atoms with Crippen molar-refractivity contribution in [3.8, 4) is 5.75 Å². The fraction of sp³-hybridized carbons (Fsp3) is 0.333. The third kappa shape index (κ3) is 3.71. The van der Waals surface area contributed by atoms with Gasteiger partial charge in [0, 0.05) is 23.6 Å². The number of rotatable bonds is 4. The van der Waals surface area contributed by atoms with Gasteiger partial charge in [0.1, 0.15) is 5.75 Å². The second-order valence-corrected chi connectivity index (χ2v) is 4.52. The number of amides is 1. The van der Waals surface area contributed by atoms with Crippen molar-refractivity contribution in [2.24, 2.45) is 5.73 Å². The molecule has 0 fully saturated rings. The van der Waals surface area contributed by atoms with Crippen LogP contribution in [0.1, 0.15) is 29.3 Å². The molecule has 1 unspecified atom stereocenters. The smallest absolute Gasteiger partial charge is 0.251 e. The predicted octanol–water partition coefficient (Wildman–Crippen LogP) is 1.50. The molecule has 0 aliphatic rings. The zero-order chi connectivity index (χ0) is 13.0. The van der Waals surface area contributed by atoms with Crippen LogP contribution in [0.5, 0.6) is 5.75 Å². The van der Waals surface area contributed by atoms with Gasteiger partial charge in [-0.25, -0.2) is 0 Å². The van der Waals surface area contributed by atoms with Gasteiger partial charge >= 0.3 is 0 Å². The van der Waals surface area contributed by atoms with Crippen molar-refractivity contribution in [3.05, 3.63) is 29.3 Å². The van der Waals surface area contributed by atoms with Gasteiger partial charge in [-0.05, 0) is 26.0 Å². The van der Waals surface area contributed by atoms with E-state index >= 15 is 0 Å². The highest BCUT2D eigenvalue weighted by molar-refractivity contribution is 7.80. The van der Waals surface area contributed by atoms with Crippen LogP contribution in [0.4, 0.5) is 0 Å². The highest BCUT2D eigenvalue weighted by Gasteiger charge is 2.13. The van der Waals surface area contributed by atoms with Gasteiger partial charge in [-0.2, -0.15) is 0 Å². The molecular weight excluding hydrogens is 236 g/mol. The molecule has 4 nitrogen and oxygen atoms in total. The number of carbonyl (C=O) groups is 1. The van der Waals surface area contributed by atoms with Gasteiger partial charge in [0.15, 0.2) is 0 Å². The lowest BCUT2D eigenvalue weighted by molar-refractivity contribution is 0.0940. The predicted molar refractivity (Wildman–Crippen MR) is 71.2 cm³/mol. The minimum Gasteiger partial charge on any atom is -0.508 e. The van der Waals surface area contributed by atoms with Crippen molar-refractivity contribution >= 4 is 23.1 Å². The van der Waals surface area contributed by atoms with E-state index in [9.17, 15) is 9.90 Å². The molecule has 1 aromatic carbocycles. The Balaban J connectivity index is 2.77. The Morgan fingerprint density at radius 2 is 2.24 bits per heavy atom. The lowest BCUT2D eigenvalue weighted by Gasteiger charge is -2.14. The number of phenolic OH excluding ortho intramolecular Hbond substituents is 1. The van der Waals surface area contributed by atoms with Crippen LogP contribution in [-0.4, -0.2) is 22.0 Å². The molecule has 0 aromatic heterocycles. The first-order chi connectivity index (χ1) is 7.91. The highest BCUT2D eigenvalue weighted by Crippen LogP contribution is 2.19. The normalized spacial score (nSPS) is 11.9. The lowest BCUT2D eigenvalue weighted by Crippen LogP contribution is -2.35. The SMILES string of the molecule is Cc1c(O)cccc1C(=O)NC(C)CC(N)=S. The first-order valence-corrected chi connectivity index (χ1v) is 5.70. The van der Waals surface area contributed by atoms with E-state index in [-0.39, 0.29) is 17.7 Å². The summed E-state index contributed by atoms with van der Waals surface area (Å²) < 4.78 is 0. The molecule has 0 aliphatic heterocycles. The lowest BCUT2D eigenvalue weighted by atomic mass is 10.1. The maximum atomic E-state index is 11.9.